The predicted molar refractivity (Wildman–Crippen MR) is 87.7 cm³/mol. The summed E-state index contributed by atoms with van der Waals surface area (Å²) in [7, 11) is -3.16. The maximum atomic E-state index is 11.9. The van der Waals surface area contributed by atoms with Crippen LogP contribution in [-0.2, 0) is 16.4 Å². The maximum Gasteiger partial charge on any atom is 0.211 e. The Bertz CT molecular complexity index is 470. The van der Waals surface area contributed by atoms with Crippen LogP contribution in [0, 0.1) is 5.92 Å². The molecule has 0 aromatic heterocycles. The van der Waals surface area contributed by atoms with Crippen LogP contribution in [0.5, 0.6) is 0 Å². The van der Waals surface area contributed by atoms with E-state index in [1.807, 2.05) is 38.1 Å². The first kappa shape index (κ1) is 19.2. The van der Waals surface area contributed by atoms with Crippen molar-refractivity contribution in [1.29, 1.82) is 0 Å². The minimum Gasteiger partial charge on any atom is -0.399 e. The molecule has 20 heavy (non-hydrogen) atoms. The highest BCUT2D eigenvalue weighted by atomic mass is 35.5. The highest BCUT2D eigenvalue weighted by Crippen LogP contribution is 2.10. The van der Waals surface area contributed by atoms with Crippen molar-refractivity contribution in [1.82, 2.24) is 4.72 Å². The van der Waals surface area contributed by atoms with E-state index < -0.39 is 10.0 Å². The van der Waals surface area contributed by atoms with Crippen LogP contribution in [-0.4, -0.2) is 20.7 Å². The quantitative estimate of drug-likeness (QED) is 0.723. The van der Waals surface area contributed by atoms with E-state index in [1.165, 1.54) is 0 Å². The van der Waals surface area contributed by atoms with Gasteiger partial charge in [0.25, 0.3) is 0 Å². The van der Waals surface area contributed by atoms with Crippen molar-refractivity contribution in [2.24, 2.45) is 5.92 Å². The van der Waals surface area contributed by atoms with Gasteiger partial charge in [0, 0.05) is 12.2 Å². The summed E-state index contributed by atoms with van der Waals surface area (Å²) < 4.78 is 26.4. The van der Waals surface area contributed by atoms with Crippen molar-refractivity contribution in [2.45, 2.75) is 33.1 Å². The van der Waals surface area contributed by atoms with Crippen molar-refractivity contribution in [2.75, 3.05) is 18.0 Å². The minimum absolute atomic E-state index is 0. The lowest BCUT2D eigenvalue weighted by molar-refractivity contribution is 0.517. The SMILES string of the molecule is CCC(CC)CS(=O)(=O)NCCc1ccc(N)cc1.Cl. The fourth-order valence-corrected chi connectivity index (χ4v) is 3.55. The zero-order valence-corrected chi connectivity index (χ0v) is 13.8. The molecule has 0 bridgehead atoms. The van der Waals surface area contributed by atoms with Crippen molar-refractivity contribution >= 4 is 28.1 Å². The molecule has 0 radical (unpaired) electrons. The highest BCUT2D eigenvalue weighted by molar-refractivity contribution is 7.89. The van der Waals surface area contributed by atoms with Crippen molar-refractivity contribution in [3.8, 4) is 0 Å². The highest BCUT2D eigenvalue weighted by Gasteiger charge is 2.15. The van der Waals surface area contributed by atoms with E-state index in [1.54, 1.807) is 0 Å². The van der Waals surface area contributed by atoms with Gasteiger partial charge in [-0.05, 0) is 30.0 Å². The van der Waals surface area contributed by atoms with E-state index >= 15 is 0 Å². The molecule has 0 saturated carbocycles. The summed E-state index contributed by atoms with van der Waals surface area (Å²) in [5, 5.41) is 0. The number of nitrogens with two attached hydrogens (primary N) is 1. The molecule has 1 rings (SSSR count). The molecule has 3 N–H and O–H groups in total. The molecule has 0 aliphatic carbocycles. The number of benzene rings is 1. The summed E-state index contributed by atoms with van der Waals surface area (Å²) in [6.07, 6.45) is 2.48. The van der Waals surface area contributed by atoms with Crippen LogP contribution in [0.2, 0.25) is 0 Å². The van der Waals surface area contributed by atoms with E-state index in [0.717, 1.165) is 24.1 Å². The Balaban J connectivity index is 0.00000361. The normalized spacial score (nSPS) is 11.3. The van der Waals surface area contributed by atoms with Crippen LogP contribution >= 0.6 is 12.4 Å². The smallest absolute Gasteiger partial charge is 0.211 e. The van der Waals surface area contributed by atoms with Gasteiger partial charge in [-0.2, -0.15) is 0 Å². The zero-order chi connectivity index (χ0) is 14.3. The van der Waals surface area contributed by atoms with E-state index in [0.29, 0.717) is 13.0 Å². The first-order valence-corrected chi connectivity index (χ1v) is 8.43. The third-order valence-corrected chi connectivity index (χ3v) is 4.88. The summed E-state index contributed by atoms with van der Waals surface area (Å²) in [5.74, 6) is 0.468. The fourth-order valence-electron chi connectivity index (χ4n) is 1.93. The molecule has 0 aliphatic heterocycles. The molecule has 4 nitrogen and oxygen atoms in total. The van der Waals surface area contributed by atoms with Gasteiger partial charge >= 0.3 is 0 Å². The first-order chi connectivity index (χ1) is 8.96. The number of halogens is 1. The van der Waals surface area contributed by atoms with E-state index in [9.17, 15) is 8.42 Å². The molecule has 0 saturated heterocycles. The van der Waals surface area contributed by atoms with E-state index in [4.69, 9.17) is 5.73 Å². The number of sulfonamides is 1. The van der Waals surface area contributed by atoms with Gasteiger partial charge in [0.2, 0.25) is 10.0 Å². The standard InChI is InChI=1S/C14H24N2O2S.ClH/c1-3-12(4-2)11-19(17,18)16-10-9-13-5-7-14(15)8-6-13;/h5-8,12,16H,3-4,9-11,15H2,1-2H3;1H. The molecule has 1 aromatic carbocycles. The average molecular weight is 321 g/mol. The maximum absolute atomic E-state index is 11.9. The van der Waals surface area contributed by atoms with E-state index in [2.05, 4.69) is 4.72 Å². The number of nitrogens with one attached hydrogen (secondary N) is 1. The van der Waals surface area contributed by atoms with Crippen molar-refractivity contribution in [3.05, 3.63) is 29.8 Å². The second-order valence-corrected chi connectivity index (χ2v) is 6.70. The van der Waals surface area contributed by atoms with Crippen LogP contribution in [0.25, 0.3) is 0 Å². The number of hydrogen-bond acceptors (Lipinski definition) is 3. The molecule has 1 aromatic rings. The molecule has 0 fully saturated rings. The van der Waals surface area contributed by atoms with Gasteiger partial charge in [-0.15, -0.1) is 12.4 Å². The predicted octanol–water partition coefficient (Wildman–Crippen LogP) is 2.59. The molecule has 0 unspecified atom stereocenters. The molecule has 0 heterocycles. The molecule has 6 heteroatoms. The van der Waals surface area contributed by atoms with Gasteiger partial charge in [-0.1, -0.05) is 38.8 Å². The summed E-state index contributed by atoms with van der Waals surface area (Å²) >= 11 is 0. The second-order valence-electron chi connectivity index (χ2n) is 4.85. The van der Waals surface area contributed by atoms with Gasteiger partial charge in [-0.3, -0.25) is 0 Å². The number of nitrogen functional groups attached to an aromatic ring is 1. The summed E-state index contributed by atoms with van der Waals surface area (Å²) in [5.41, 5.74) is 7.40. The van der Waals surface area contributed by atoms with Gasteiger partial charge < -0.3 is 5.73 Å². The number of anilines is 1. The third-order valence-electron chi connectivity index (χ3n) is 3.33. The lowest BCUT2D eigenvalue weighted by Crippen LogP contribution is -2.31. The topological polar surface area (TPSA) is 72.2 Å². The molecule has 0 amide bonds. The van der Waals surface area contributed by atoms with Crippen LogP contribution < -0.4 is 10.5 Å². The Morgan fingerprint density at radius 3 is 2.20 bits per heavy atom. The molecule has 0 atom stereocenters. The van der Waals surface area contributed by atoms with Gasteiger partial charge in [-0.25, -0.2) is 13.1 Å². The molecule has 116 valence electrons. The summed E-state index contributed by atoms with van der Waals surface area (Å²) in [6, 6.07) is 7.50. The summed E-state index contributed by atoms with van der Waals surface area (Å²) in [4.78, 5) is 0. The Labute approximate surface area is 128 Å². The molecular formula is C14H25ClN2O2S. The monoisotopic (exact) mass is 320 g/mol. The summed E-state index contributed by atoms with van der Waals surface area (Å²) in [6.45, 7) is 4.49. The van der Waals surface area contributed by atoms with Gasteiger partial charge in [0.15, 0.2) is 0 Å². The van der Waals surface area contributed by atoms with Crippen LogP contribution in [0.15, 0.2) is 24.3 Å². The fraction of sp³-hybridized carbons (Fsp3) is 0.571. The Kier molecular flexibility index (Phi) is 8.85. The Morgan fingerprint density at radius 1 is 1.15 bits per heavy atom. The van der Waals surface area contributed by atoms with Gasteiger partial charge in [0.1, 0.15) is 0 Å². The number of rotatable bonds is 8. The van der Waals surface area contributed by atoms with Crippen LogP contribution in [0.3, 0.4) is 0 Å². The average Bonchev–Trinajstić information content (AvgIpc) is 2.38. The molecule has 0 spiro atoms. The van der Waals surface area contributed by atoms with Crippen LogP contribution in [0.4, 0.5) is 5.69 Å². The second kappa shape index (κ2) is 9.21. The minimum atomic E-state index is -3.16. The molecule has 0 aliphatic rings. The van der Waals surface area contributed by atoms with Crippen molar-refractivity contribution in [3.63, 3.8) is 0 Å². The molecular weight excluding hydrogens is 296 g/mol. The first-order valence-electron chi connectivity index (χ1n) is 6.78. The Hall–Kier alpha value is -0.780. The van der Waals surface area contributed by atoms with E-state index in [-0.39, 0.29) is 24.1 Å². The largest absolute Gasteiger partial charge is 0.399 e. The Morgan fingerprint density at radius 2 is 1.70 bits per heavy atom. The van der Waals surface area contributed by atoms with Crippen LogP contribution in [0.1, 0.15) is 32.3 Å². The lowest BCUT2D eigenvalue weighted by atomic mass is 10.1. The van der Waals surface area contributed by atoms with Gasteiger partial charge in [0.05, 0.1) is 5.75 Å². The zero-order valence-electron chi connectivity index (χ0n) is 12.1. The number of hydrogen-bond donors (Lipinski definition) is 2. The third kappa shape index (κ3) is 7.12. The van der Waals surface area contributed by atoms with Crippen molar-refractivity contribution < 1.29 is 8.42 Å². The lowest BCUT2D eigenvalue weighted by Gasteiger charge is -2.13.